The summed E-state index contributed by atoms with van der Waals surface area (Å²) in [6.07, 6.45) is 1.43. The van der Waals surface area contributed by atoms with Crippen LogP contribution in [0, 0.1) is 0 Å². The van der Waals surface area contributed by atoms with Crippen molar-refractivity contribution in [2.45, 2.75) is 29.7 Å². The number of rotatable bonds is 3. The van der Waals surface area contributed by atoms with E-state index in [1.54, 1.807) is 0 Å². The topological polar surface area (TPSA) is 38.3 Å². The van der Waals surface area contributed by atoms with Gasteiger partial charge in [0.2, 0.25) is 4.33 Å². The van der Waals surface area contributed by atoms with Gasteiger partial charge in [0.05, 0.1) is 0 Å². The molecule has 1 aromatic carbocycles. The SMILES string of the molecule is CC(Cl)(Cl)C(=O)OC1(c2ccccc2)CCNCC1. The molecule has 0 saturated carbocycles. The Labute approximate surface area is 123 Å². The number of esters is 1. The maximum absolute atomic E-state index is 12.0. The number of nitrogens with one attached hydrogen (secondary N) is 1. The lowest BCUT2D eigenvalue weighted by Gasteiger charge is -2.38. The van der Waals surface area contributed by atoms with Gasteiger partial charge in [0.15, 0.2) is 0 Å². The third-order valence-corrected chi connectivity index (χ3v) is 3.67. The van der Waals surface area contributed by atoms with Crippen molar-refractivity contribution in [3.05, 3.63) is 35.9 Å². The lowest BCUT2D eigenvalue weighted by Crippen LogP contribution is -2.45. The van der Waals surface area contributed by atoms with Crippen LogP contribution >= 0.6 is 23.2 Å². The second-order valence-electron chi connectivity index (χ2n) is 4.89. The fourth-order valence-electron chi connectivity index (χ4n) is 2.29. The Morgan fingerprint density at radius 1 is 1.26 bits per heavy atom. The minimum atomic E-state index is -1.52. The molecule has 1 aromatic rings. The van der Waals surface area contributed by atoms with Crippen LogP contribution in [0.25, 0.3) is 0 Å². The van der Waals surface area contributed by atoms with E-state index in [1.807, 2.05) is 30.3 Å². The molecule has 0 unspecified atom stereocenters. The zero-order valence-electron chi connectivity index (χ0n) is 10.8. The largest absolute Gasteiger partial charge is 0.452 e. The fraction of sp³-hybridized carbons (Fsp3) is 0.500. The smallest absolute Gasteiger partial charge is 0.343 e. The van der Waals surface area contributed by atoms with E-state index in [1.165, 1.54) is 6.92 Å². The lowest BCUT2D eigenvalue weighted by atomic mass is 9.85. The first kappa shape index (κ1) is 14.6. The first-order valence-corrected chi connectivity index (χ1v) is 7.07. The maximum Gasteiger partial charge on any atom is 0.343 e. The van der Waals surface area contributed by atoms with Crippen LogP contribution in [0.15, 0.2) is 30.3 Å². The minimum Gasteiger partial charge on any atom is -0.452 e. The summed E-state index contributed by atoms with van der Waals surface area (Å²) in [5.41, 5.74) is 0.358. The molecule has 1 heterocycles. The van der Waals surface area contributed by atoms with Crippen LogP contribution in [0.5, 0.6) is 0 Å². The van der Waals surface area contributed by atoms with E-state index >= 15 is 0 Å². The summed E-state index contributed by atoms with van der Waals surface area (Å²) in [7, 11) is 0. The second kappa shape index (κ2) is 5.70. The van der Waals surface area contributed by atoms with E-state index in [4.69, 9.17) is 27.9 Å². The van der Waals surface area contributed by atoms with Crippen LogP contribution in [-0.2, 0) is 15.1 Å². The third kappa shape index (κ3) is 3.41. The predicted octanol–water partition coefficient (Wildman–Crippen LogP) is 3.00. The molecule has 0 atom stereocenters. The number of alkyl halides is 2. The second-order valence-corrected chi connectivity index (χ2v) is 6.59. The molecular formula is C14H17Cl2NO2. The number of halogens is 2. The van der Waals surface area contributed by atoms with Gasteiger partial charge in [-0.25, -0.2) is 4.79 Å². The Balaban J connectivity index is 2.28. The van der Waals surface area contributed by atoms with Gasteiger partial charge in [0.1, 0.15) is 5.60 Å². The highest BCUT2D eigenvalue weighted by atomic mass is 35.5. The normalized spacial score (nSPS) is 18.9. The molecule has 0 aliphatic carbocycles. The summed E-state index contributed by atoms with van der Waals surface area (Å²) in [6, 6.07) is 9.76. The number of ether oxygens (including phenoxy) is 1. The fourth-order valence-corrected chi connectivity index (χ4v) is 2.37. The third-order valence-electron chi connectivity index (χ3n) is 3.36. The molecule has 3 nitrogen and oxygen atoms in total. The summed E-state index contributed by atoms with van der Waals surface area (Å²) >= 11 is 11.7. The van der Waals surface area contributed by atoms with Gasteiger partial charge in [-0.2, -0.15) is 0 Å². The van der Waals surface area contributed by atoms with E-state index in [0.29, 0.717) is 12.8 Å². The summed E-state index contributed by atoms with van der Waals surface area (Å²) in [4.78, 5) is 12.0. The van der Waals surface area contributed by atoms with Crippen molar-refractivity contribution >= 4 is 29.2 Å². The highest BCUT2D eigenvalue weighted by molar-refractivity contribution is 6.57. The Bertz CT molecular complexity index is 437. The Kier molecular flexibility index (Phi) is 4.39. The highest BCUT2D eigenvalue weighted by Gasteiger charge is 2.42. The molecule has 1 saturated heterocycles. The standard InChI is InChI=1S/C14H17Cl2NO2/c1-13(15,16)12(18)19-14(7-9-17-10-8-14)11-5-3-2-4-6-11/h2-6,17H,7-10H2,1H3. The van der Waals surface area contributed by atoms with Crippen molar-refractivity contribution in [2.24, 2.45) is 0 Å². The first-order chi connectivity index (χ1) is 8.94. The molecule has 1 N–H and O–H groups in total. The summed E-state index contributed by atoms with van der Waals surface area (Å²) in [5.74, 6) is -0.596. The van der Waals surface area contributed by atoms with Gasteiger partial charge >= 0.3 is 5.97 Å². The Hall–Kier alpha value is -0.770. The van der Waals surface area contributed by atoms with Crippen LogP contribution < -0.4 is 5.32 Å². The predicted molar refractivity (Wildman–Crippen MR) is 76.4 cm³/mol. The van der Waals surface area contributed by atoms with E-state index < -0.39 is 15.9 Å². The number of hydrogen-bond acceptors (Lipinski definition) is 3. The maximum atomic E-state index is 12.0. The van der Waals surface area contributed by atoms with Crippen LogP contribution in [0.2, 0.25) is 0 Å². The number of piperidine rings is 1. The number of carbonyl (C=O) groups is 1. The van der Waals surface area contributed by atoms with Crippen molar-refractivity contribution in [1.82, 2.24) is 5.32 Å². The van der Waals surface area contributed by atoms with Crippen molar-refractivity contribution in [2.75, 3.05) is 13.1 Å². The van der Waals surface area contributed by atoms with Gasteiger partial charge in [0, 0.05) is 12.8 Å². The summed E-state index contributed by atoms with van der Waals surface area (Å²) < 4.78 is 4.17. The van der Waals surface area contributed by atoms with Crippen LogP contribution in [-0.4, -0.2) is 23.4 Å². The van der Waals surface area contributed by atoms with Crippen molar-refractivity contribution in [3.63, 3.8) is 0 Å². The zero-order chi connectivity index (χ0) is 13.9. The molecular weight excluding hydrogens is 285 g/mol. The van der Waals surface area contributed by atoms with Gasteiger partial charge in [-0.15, -0.1) is 0 Å². The molecule has 1 fully saturated rings. The van der Waals surface area contributed by atoms with Crippen molar-refractivity contribution in [1.29, 1.82) is 0 Å². The zero-order valence-corrected chi connectivity index (χ0v) is 12.3. The minimum absolute atomic E-state index is 0.596. The van der Waals surface area contributed by atoms with Crippen molar-refractivity contribution in [3.8, 4) is 0 Å². The van der Waals surface area contributed by atoms with Gasteiger partial charge in [-0.3, -0.25) is 0 Å². The molecule has 0 aromatic heterocycles. The molecule has 104 valence electrons. The van der Waals surface area contributed by atoms with Gasteiger partial charge in [0.25, 0.3) is 0 Å². The van der Waals surface area contributed by atoms with Crippen LogP contribution in [0.4, 0.5) is 0 Å². The van der Waals surface area contributed by atoms with Gasteiger partial charge < -0.3 is 10.1 Å². The summed E-state index contributed by atoms with van der Waals surface area (Å²) in [5, 5.41) is 3.26. The molecule has 2 rings (SSSR count). The Morgan fingerprint density at radius 2 is 1.84 bits per heavy atom. The van der Waals surface area contributed by atoms with Gasteiger partial charge in [-0.1, -0.05) is 53.5 Å². The average Bonchev–Trinajstić information content (AvgIpc) is 2.40. The molecule has 1 aliphatic heterocycles. The van der Waals surface area contributed by atoms with E-state index in [0.717, 1.165) is 18.7 Å². The van der Waals surface area contributed by atoms with Crippen LogP contribution in [0.3, 0.4) is 0 Å². The molecule has 0 spiro atoms. The lowest BCUT2D eigenvalue weighted by molar-refractivity contribution is -0.164. The Morgan fingerprint density at radius 3 is 2.37 bits per heavy atom. The summed E-state index contributed by atoms with van der Waals surface area (Å²) in [6.45, 7) is 3.02. The van der Waals surface area contributed by atoms with E-state index in [9.17, 15) is 4.79 Å². The monoisotopic (exact) mass is 301 g/mol. The van der Waals surface area contributed by atoms with E-state index in [-0.39, 0.29) is 0 Å². The number of hydrogen-bond donors (Lipinski definition) is 1. The molecule has 0 bridgehead atoms. The quantitative estimate of drug-likeness (QED) is 0.689. The molecule has 1 aliphatic rings. The molecule has 0 radical (unpaired) electrons. The number of benzene rings is 1. The molecule has 0 amide bonds. The van der Waals surface area contributed by atoms with E-state index in [2.05, 4.69) is 5.32 Å². The average molecular weight is 302 g/mol. The first-order valence-electron chi connectivity index (χ1n) is 6.32. The number of carbonyl (C=O) groups excluding carboxylic acids is 1. The molecule has 5 heteroatoms. The van der Waals surface area contributed by atoms with Crippen LogP contribution in [0.1, 0.15) is 25.3 Å². The van der Waals surface area contributed by atoms with Gasteiger partial charge in [-0.05, 0) is 25.6 Å². The van der Waals surface area contributed by atoms with Crippen molar-refractivity contribution < 1.29 is 9.53 Å². The molecule has 19 heavy (non-hydrogen) atoms. The highest BCUT2D eigenvalue weighted by Crippen LogP contribution is 2.37.